The maximum atomic E-state index is 9.34. The summed E-state index contributed by atoms with van der Waals surface area (Å²) in [6, 6.07) is 7.72. The normalized spacial score (nSPS) is 15.5. The van der Waals surface area contributed by atoms with Gasteiger partial charge in [0.25, 0.3) is 0 Å². The fraction of sp³-hybridized carbons (Fsp3) is 0.375. The zero-order chi connectivity index (χ0) is 23.2. The second kappa shape index (κ2) is 10.5. The zero-order valence-corrected chi connectivity index (χ0v) is 19.0. The molecule has 0 saturated carbocycles. The fourth-order valence-corrected chi connectivity index (χ4v) is 3.61. The number of nitrogens with zero attached hydrogens (tertiary/aromatic N) is 6. The van der Waals surface area contributed by atoms with Crippen LogP contribution in [0.5, 0.6) is 0 Å². The van der Waals surface area contributed by atoms with Crippen LogP contribution in [0.25, 0.3) is 16.6 Å². The molecular formula is C24H30N8O. The number of nitrogens with two attached hydrogens (primary N) is 1. The zero-order valence-electron chi connectivity index (χ0n) is 19.0. The molecule has 9 heteroatoms. The maximum absolute atomic E-state index is 9.34. The van der Waals surface area contributed by atoms with Crippen LogP contribution in [-0.2, 0) is 0 Å². The minimum Gasteiger partial charge on any atom is -0.404 e. The van der Waals surface area contributed by atoms with Crippen molar-refractivity contribution >= 4 is 34.5 Å². The monoisotopic (exact) mass is 446 g/mol. The van der Waals surface area contributed by atoms with E-state index >= 15 is 0 Å². The van der Waals surface area contributed by atoms with Crippen molar-refractivity contribution in [2.24, 2.45) is 10.7 Å². The van der Waals surface area contributed by atoms with Gasteiger partial charge >= 0.3 is 0 Å². The SMILES string of the molecule is CC(C)c1cnnc(Nc2ccc3ncc(C(C=NCCCN4CC(O)C4)=CN)cc3n2)c1. The molecule has 9 nitrogen and oxygen atoms in total. The Morgan fingerprint density at radius 1 is 1.24 bits per heavy atom. The first kappa shape index (κ1) is 22.8. The van der Waals surface area contributed by atoms with Crippen molar-refractivity contribution in [3.05, 3.63) is 54.0 Å². The van der Waals surface area contributed by atoms with E-state index in [0.29, 0.717) is 24.1 Å². The van der Waals surface area contributed by atoms with Gasteiger partial charge < -0.3 is 16.2 Å². The van der Waals surface area contributed by atoms with Crippen molar-refractivity contribution in [2.45, 2.75) is 32.3 Å². The van der Waals surface area contributed by atoms with E-state index in [2.05, 4.69) is 44.2 Å². The molecule has 172 valence electrons. The summed E-state index contributed by atoms with van der Waals surface area (Å²) < 4.78 is 0. The number of aliphatic hydroxyl groups is 1. The maximum Gasteiger partial charge on any atom is 0.154 e. The van der Waals surface area contributed by atoms with Gasteiger partial charge in [-0.15, -0.1) is 5.10 Å². The fourth-order valence-electron chi connectivity index (χ4n) is 3.61. The lowest BCUT2D eigenvalue weighted by atomic mass is 10.1. The number of anilines is 2. The number of fused-ring (bicyclic) bond motifs is 1. The molecule has 1 saturated heterocycles. The summed E-state index contributed by atoms with van der Waals surface area (Å²) in [5.74, 6) is 1.68. The Labute approximate surface area is 193 Å². The molecule has 4 N–H and O–H groups in total. The van der Waals surface area contributed by atoms with Gasteiger partial charge in [0.15, 0.2) is 5.82 Å². The van der Waals surface area contributed by atoms with Crippen LogP contribution in [0.1, 0.15) is 37.3 Å². The van der Waals surface area contributed by atoms with Gasteiger partial charge in [0.2, 0.25) is 0 Å². The number of pyridine rings is 2. The molecule has 0 aromatic carbocycles. The van der Waals surface area contributed by atoms with E-state index in [1.54, 1.807) is 18.6 Å². The highest BCUT2D eigenvalue weighted by atomic mass is 16.3. The summed E-state index contributed by atoms with van der Waals surface area (Å²) in [6.45, 7) is 7.41. The molecule has 33 heavy (non-hydrogen) atoms. The summed E-state index contributed by atoms with van der Waals surface area (Å²) in [4.78, 5) is 15.9. The summed E-state index contributed by atoms with van der Waals surface area (Å²) in [5.41, 5.74) is 10.1. The number of allylic oxidation sites excluding steroid dienone is 1. The number of aromatic nitrogens is 4. The summed E-state index contributed by atoms with van der Waals surface area (Å²) in [7, 11) is 0. The van der Waals surface area contributed by atoms with Crippen molar-refractivity contribution in [3.8, 4) is 0 Å². The molecule has 1 fully saturated rings. The van der Waals surface area contributed by atoms with Crippen LogP contribution >= 0.6 is 0 Å². The highest BCUT2D eigenvalue weighted by molar-refractivity contribution is 6.10. The lowest BCUT2D eigenvalue weighted by molar-refractivity contribution is 0.00220. The van der Waals surface area contributed by atoms with Gasteiger partial charge in [-0.05, 0) is 42.2 Å². The number of rotatable bonds is 9. The highest BCUT2D eigenvalue weighted by Gasteiger charge is 2.22. The third kappa shape index (κ3) is 5.88. The molecular weight excluding hydrogens is 416 g/mol. The smallest absolute Gasteiger partial charge is 0.154 e. The largest absolute Gasteiger partial charge is 0.404 e. The number of aliphatic imine (C=N–C) groups is 1. The van der Waals surface area contributed by atoms with Gasteiger partial charge in [-0.3, -0.25) is 14.9 Å². The molecule has 4 rings (SSSR count). The molecule has 0 atom stereocenters. The van der Waals surface area contributed by atoms with E-state index in [0.717, 1.165) is 53.8 Å². The molecule has 0 spiro atoms. The van der Waals surface area contributed by atoms with E-state index < -0.39 is 0 Å². The van der Waals surface area contributed by atoms with Crippen molar-refractivity contribution < 1.29 is 5.11 Å². The van der Waals surface area contributed by atoms with Gasteiger partial charge in [-0.1, -0.05) is 13.8 Å². The number of β-amino-alcohol motifs (C(OH)–C–C–N with tert-alkyl or cyclic N) is 1. The number of aliphatic hydroxyl groups excluding tert-OH is 1. The molecule has 0 amide bonds. The molecule has 3 aromatic heterocycles. The Hall–Kier alpha value is -3.43. The van der Waals surface area contributed by atoms with E-state index in [-0.39, 0.29) is 6.10 Å². The molecule has 1 aliphatic rings. The predicted octanol–water partition coefficient (Wildman–Crippen LogP) is 2.72. The van der Waals surface area contributed by atoms with Crippen LogP contribution in [0.15, 0.2) is 47.9 Å². The molecule has 0 aliphatic carbocycles. The van der Waals surface area contributed by atoms with Crippen molar-refractivity contribution in [2.75, 3.05) is 31.5 Å². The van der Waals surface area contributed by atoms with Gasteiger partial charge in [0, 0.05) is 55.9 Å². The first-order chi connectivity index (χ1) is 16.0. The second-order valence-electron chi connectivity index (χ2n) is 8.54. The molecule has 4 heterocycles. The van der Waals surface area contributed by atoms with Gasteiger partial charge in [-0.2, -0.15) is 5.10 Å². The Kier molecular flexibility index (Phi) is 7.21. The van der Waals surface area contributed by atoms with E-state index in [1.165, 1.54) is 6.20 Å². The Morgan fingerprint density at radius 3 is 2.85 bits per heavy atom. The average Bonchev–Trinajstić information content (AvgIpc) is 2.79. The molecule has 3 aromatic rings. The van der Waals surface area contributed by atoms with Gasteiger partial charge in [0.05, 0.1) is 23.3 Å². The summed E-state index contributed by atoms with van der Waals surface area (Å²) in [5, 5.41) is 20.8. The first-order valence-electron chi connectivity index (χ1n) is 11.2. The van der Waals surface area contributed by atoms with E-state index in [9.17, 15) is 5.11 Å². The Morgan fingerprint density at radius 2 is 2.09 bits per heavy atom. The molecule has 0 bridgehead atoms. The van der Waals surface area contributed by atoms with E-state index in [4.69, 9.17) is 10.7 Å². The number of hydrogen-bond acceptors (Lipinski definition) is 9. The van der Waals surface area contributed by atoms with Gasteiger partial charge in [-0.25, -0.2) is 4.98 Å². The second-order valence-corrected chi connectivity index (χ2v) is 8.54. The third-order valence-corrected chi connectivity index (χ3v) is 5.58. The van der Waals surface area contributed by atoms with Crippen molar-refractivity contribution in [3.63, 3.8) is 0 Å². The molecule has 1 aliphatic heterocycles. The summed E-state index contributed by atoms with van der Waals surface area (Å²) >= 11 is 0. The quantitative estimate of drug-likeness (QED) is 0.338. The Balaban J connectivity index is 1.43. The minimum absolute atomic E-state index is 0.164. The topological polar surface area (TPSA) is 125 Å². The predicted molar refractivity (Wildman–Crippen MR) is 132 cm³/mol. The lowest BCUT2D eigenvalue weighted by Gasteiger charge is -2.35. The number of nitrogens with one attached hydrogen (secondary N) is 1. The summed E-state index contributed by atoms with van der Waals surface area (Å²) in [6.07, 6.45) is 7.64. The van der Waals surface area contributed by atoms with Crippen LogP contribution in [-0.4, -0.2) is 68.7 Å². The average molecular weight is 447 g/mol. The number of hydrogen-bond donors (Lipinski definition) is 3. The highest BCUT2D eigenvalue weighted by Crippen LogP contribution is 2.21. The third-order valence-electron chi connectivity index (χ3n) is 5.58. The van der Waals surface area contributed by atoms with Crippen LogP contribution in [0.2, 0.25) is 0 Å². The molecule has 0 radical (unpaired) electrons. The lowest BCUT2D eigenvalue weighted by Crippen LogP contribution is -2.50. The van der Waals surface area contributed by atoms with Gasteiger partial charge in [0.1, 0.15) is 5.82 Å². The van der Waals surface area contributed by atoms with Crippen molar-refractivity contribution in [1.82, 2.24) is 25.1 Å². The van der Waals surface area contributed by atoms with Crippen LogP contribution in [0, 0.1) is 0 Å². The van der Waals surface area contributed by atoms with Crippen LogP contribution in [0.4, 0.5) is 11.6 Å². The van der Waals surface area contributed by atoms with Crippen LogP contribution in [0.3, 0.4) is 0 Å². The minimum atomic E-state index is -0.164. The Bertz CT molecular complexity index is 1150. The van der Waals surface area contributed by atoms with E-state index in [1.807, 2.05) is 24.3 Å². The van der Waals surface area contributed by atoms with Crippen LogP contribution < -0.4 is 11.1 Å². The first-order valence-corrected chi connectivity index (χ1v) is 11.2. The number of likely N-dealkylation sites (tertiary alicyclic amines) is 1. The standard InChI is InChI=1S/C24H30N8O/c1-16(2)17-9-24(31-28-13-17)30-23-5-4-21-22(29-23)8-18(12-27-21)19(10-25)11-26-6-3-7-32-14-20(33)15-32/h4-5,8-13,16,20,33H,3,6-7,14-15,25H2,1-2H3,(H,29,30,31). The molecule has 0 unspecified atom stereocenters. The van der Waals surface area contributed by atoms with Crippen molar-refractivity contribution in [1.29, 1.82) is 0 Å².